The molecule has 1 fully saturated rings. The molecule has 2 aromatic rings. The number of pyridine rings is 1. The maximum Gasteiger partial charge on any atom is 0.220 e. The largest absolute Gasteiger partial charge is 0.369 e. The molecule has 5 heteroatoms. The molecule has 3 heterocycles. The molecule has 3 atom stereocenters. The van der Waals surface area contributed by atoms with Gasteiger partial charge in [-0.15, -0.1) is 0 Å². The lowest BCUT2D eigenvalue weighted by molar-refractivity contribution is -0.121. The number of carbonyl (C=O) groups is 1. The van der Waals surface area contributed by atoms with E-state index in [1.807, 2.05) is 12.4 Å². The summed E-state index contributed by atoms with van der Waals surface area (Å²) in [6.07, 6.45) is 7.91. The number of aromatic nitrogens is 2. The Morgan fingerprint density at radius 1 is 1.50 bits per heavy atom. The number of nitrogens with zero attached hydrogens (tertiary/aromatic N) is 2. The van der Waals surface area contributed by atoms with E-state index in [1.54, 1.807) is 0 Å². The molecule has 0 radical (unpaired) electrons. The third-order valence-corrected chi connectivity index (χ3v) is 5.53. The van der Waals surface area contributed by atoms with Gasteiger partial charge in [0.05, 0.1) is 5.69 Å². The van der Waals surface area contributed by atoms with Crippen LogP contribution in [0.1, 0.15) is 31.7 Å². The molecule has 3 N–H and O–H groups in total. The van der Waals surface area contributed by atoms with Gasteiger partial charge < -0.3 is 15.6 Å². The Bertz CT molecular complexity index is 723. The summed E-state index contributed by atoms with van der Waals surface area (Å²) in [4.78, 5) is 21.8. The molecule has 116 valence electrons. The summed E-state index contributed by atoms with van der Waals surface area (Å²) >= 11 is 0. The number of nitrogens with one attached hydrogen (secondary N) is 1. The van der Waals surface area contributed by atoms with E-state index in [9.17, 15) is 4.79 Å². The van der Waals surface area contributed by atoms with Gasteiger partial charge in [-0.2, -0.15) is 0 Å². The molecule has 2 aromatic heterocycles. The van der Waals surface area contributed by atoms with Crippen molar-refractivity contribution in [1.82, 2.24) is 9.97 Å². The molecular formula is C17H22N4O. The standard InChI is InChI=1S/C17H22N4O/c1-2-10-7-12(16(18)22)8-14(10)21-6-4-11-9-20-17-13(15(11)21)3-5-19-17/h3,5,9-10,12,14H,2,4,6-8H2,1H3,(H2,18,22)(H,19,20)/t10-,12+,14+/m1/s1. The van der Waals surface area contributed by atoms with E-state index >= 15 is 0 Å². The molecule has 5 nitrogen and oxygen atoms in total. The first kappa shape index (κ1) is 13.6. The highest BCUT2D eigenvalue weighted by atomic mass is 16.1. The van der Waals surface area contributed by atoms with Crippen molar-refractivity contribution < 1.29 is 4.79 Å². The first-order chi connectivity index (χ1) is 10.7. The van der Waals surface area contributed by atoms with Crippen LogP contribution in [0.5, 0.6) is 0 Å². The number of hydrogen-bond donors (Lipinski definition) is 2. The van der Waals surface area contributed by atoms with E-state index in [0.717, 1.165) is 37.9 Å². The topological polar surface area (TPSA) is 75.0 Å². The van der Waals surface area contributed by atoms with Crippen molar-refractivity contribution in [2.75, 3.05) is 11.4 Å². The lowest BCUT2D eigenvalue weighted by Gasteiger charge is -2.32. The number of amides is 1. The van der Waals surface area contributed by atoms with Crippen LogP contribution in [0.25, 0.3) is 11.0 Å². The van der Waals surface area contributed by atoms with Gasteiger partial charge in [-0.05, 0) is 36.8 Å². The Hall–Kier alpha value is -2.04. The number of nitrogens with two attached hydrogens (primary N) is 1. The minimum atomic E-state index is -0.137. The maximum atomic E-state index is 11.6. The van der Waals surface area contributed by atoms with Gasteiger partial charge in [-0.25, -0.2) is 4.98 Å². The molecule has 1 saturated carbocycles. The first-order valence-electron chi connectivity index (χ1n) is 8.20. The molecule has 0 spiro atoms. The lowest BCUT2D eigenvalue weighted by atomic mass is 9.98. The van der Waals surface area contributed by atoms with E-state index in [-0.39, 0.29) is 11.8 Å². The Balaban J connectivity index is 1.73. The predicted octanol–water partition coefficient (Wildman–Crippen LogP) is 2.22. The third kappa shape index (κ3) is 1.91. The molecule has 1 aliphatic heterocycles. The van der Waals surface area contributed by atoms with Crippen molar-refractivity contribution in [3.63, 3.8) is 0 Å². The van der Waals surface area contributed by atoms with Crippen LogP contribution in [0, 0.1) is 11.8 Å². The first-order valence-corrected chi connectivity index (χ1v) is 8.20. The van der Waals surface area contributed by atoms with E-state index < -0.39 is 0 Å². The van der Waals surface area contributed by atoms with Gasteiger partial charge in [0.25, 0.3) is 0 Å². The molecule has 1 aliphatic carbocycles. The second-order valence-electron chi connectivity index (χ2n) is 6.62. The summed E-state index contributed by atoms with van der Waals surface area (Å²) in [6.45, 7) is 3.24. The van der Waals surface area contributed by atoms with Gasteiger partial charge in [0.15, 0.2) is 0 Å². The van der Waals surface area contributed by atoms with Crippen molar-refractivity contribution in [2.24, 2.45) is 17.6 Å². The Labute approximate surface area is 129 Å². The lowest BCUT2D eigenvalue weighted by Crippen LogP contribution is -2.37. The molecule has 2 aliphatic rings. The fraction of sp³-hybridized carbons (Fsp3) is 0.529. The van der Waals surface area contributed by atoms with Crippen molar-refractivity contribution in [1.29, 1.82) is 0 Å². The Morgan fingerprint density at radius 3 is 3.14 bits per heavy atom. The fourth-order valence-corrected chi connectivity index (χ4v) is 4.40. The zero-order chi connectivity index (χ0) is 15.3. The zero-order valence-electron chi connectivity index (χ0n) is 12.9. The SMILES string of the molecule is CC[C@@H]1C[C@H](C(N)=O)C[C@@H]1N1CCc2cnc3[nH]ccc3c21. The summed E-state index contributed by atoms with van der Waals surface area (Å²) in [5.74, 6) is 0.440. The average Bonchev–Trinajstić information content (AvgIpc) is 3.22. The normalized spacial score (nSPS) is 27.5. The summed E-state index contributed by atoms with van der Waals surface area (Å²) in [6, 6.07) is 2.53. The van der Waals surface area contributed by atoms with Gasteiger partial charge in [0, 0.05) is 36.3 Å². The molecule has 0 aromatic carbocycles. The summed E-state index contributed by atoms with van der Waals surface area (Å²) in [5, 5.41) is 1.20. The second kappa shape index (κ2) is 5.00. The summed E-state index contributed by atoms with van der Waals surface area (Å²) in [7, 11) is 0. The minimum absolute atomic E-state index is 0.0301. The Kier molecular flexibility index (Phi) is 3.10. The second-order valence-corrected chi connectivity index (χ2v) is 6.62. The molecular weight excluding hydrogens is 276 g/mol. The quantitative estimate of drug-likeness (QED) is 0.912. The van der Waals surface area contributed by atoms with E-state index in [2.05, 4.69) is 27.9 Å². The summed E-state index contributed by atoms with van der Waals surface area (Å²) < 4.78 is 0. The highest BCUT2D eigenvalue weighted by Crippen LogP contribution is 2.43. The number of H-pyrrole nitrogens is 1. The van der Waals surface area contributed by atoms with E-state index in [4.69, 9.17) is 5.73 Å². The number of primary amides is 1. The number of anilines is 1. The number of aromatic amines is 1. The van der Waals surface area contributed by atoms with Crippen LogP contribution < -0.4 is 10.6 Å². The average molecular weight is 298 g/mol. The van der Waals surface area contributed by atoms with Crippen LogP contribution in [-0.4, -0.2) is 28.5 Å². The molecule has 22 heavy (non-hydrogen) atoms. The highest BCUT2D eigenvalue weighted by Gasteiger charge is 2.41. The summed E-state index contributed by atoms with van der Waals surface area (Å²) in [5.41, 5.74) is 9.16. The van der Waals surface area contributed by atoms with Crippen LogP contribution in [0.3, 0.4) is 0 Å². The van der Waals surface area contributed by atoms with Crippen molar-refractivity contribution >= 4 is 22.6 Å². The van der Waals surface area contributed by atoms with Gasteiger partial charge in [0.2, 0.25) is 5.91 Å². The van der Waals surface area contributed by atoms with Crippen molar-refractivity contribution in [3.05, 3.63) is 24.0 Å². The molecule has 0 unspecified atom stereocenters. The maximum absolute atomic E-state index is 11.6. The van der Waals surface area contributed by atoms with Crippen LogP contribution in [0.4, 0.5) is 5.69 Å². The number of hydrogen-bond acceptors (Lipinski definition) is 3. The number of fused-ring (bicyclic) bond motifs is 3. The van der Waals surface area contributed by atoms with Crippen LogP contribution in [0.15, 0.2) is 18.5 Å². The van der Waals surface area contributed by atoms with Gasteiger partial charge in [-0.3, -0.25) is 4.79 Å². The van der Waals surface area contributed by atoms with Crippen LogP contribution in [-0.2, 0) is 11.2 Å². The van der Waals surface area contributed by atoms with Crippen LogP contribution in [0.2, 0.25) is 0 Å². The number of rotatable bonds is 3. The molecule has 1 amide bonds. The van der Waals surface area contributed by atoms with Gasteiger partial charge in [-0.1, -0.05) is 13.3 Å². The minimum Gasteiger partial charge on any atom is -0.369 e. The predicted molar refractivity (Wildman–Crippen MR) is 86.6 cm³/mol. The monoisotopic (exact) mass is 298 g/mol. The van der Waals surface area contributed by atoms with Crippen LogP contribution >= 0.6 is 0 Å². The number of carbonyl (C=O) groups excluding carboxylic acids is 1. The van der Waals surface area contributed by atoms with Gasteiger partial charge >= 0.3 is 0 Å². The Morgan fingerprint density at radius 2 is 2.36 bits per heavy atom. The van der Waals surface area contributed by atoms with E-state index in [0.29, 0.717) is 12.0 Å². The van der Waals surface area contributed by atoms with Gasteiger partial charge in [0.1, 0.15) is 5.65 Å². The zero-order valence-corrected chi connectivity index (χ0v) is 12.9. The molecule has 0 bridgehead atoms. The molecule has 4 rings (SSSR count). The third-order valence-electron chi connectivity index (χ3n) is 5.53. The highest BCUT2D eigenvalue weighted by molar-refractivity contribution is 5.93. The smallest absolute Gasteiger partial charge is 0.220 e. The van der Waals surface area contributed by atoms with E-state index in [1.165, 1.54) is 16.6 Å². The molecule has 0 saturated heterocycles. The fourth-order valence-electron chi connectivity index (χ4n) is 4.40. The van der Waals surface area contributed by atoms with Crippen molar-refractivity contribution in [2.45, 2.75) is 38.6 Å². The van der Waals surface area contributed by atoms with Crippen molar-refractivity contribution in [3.8, 4) is 0 Å².